The highest BCUT2D eigenvalue weighted by molar-refractivity contribution is 5.95. The van der Waals surface area contributed by atoms with Crippen LogP contribution in [0.5, 0.6) is 0 Å². The molecule has 1 saturated carbocycles. The van der Waals surface area contributed by atoms with Gasteiger partial charge in [-0.05, 0) is 39.3 Å². The van der Waals surface area contributed by atoms with Gasteiger partial charge in [-0.15, -0.1) is 0 Å². The van der Waals surface area contributed by atoms with Crippen molar-refractivity contribution in [1.29, 1.82) is 0 Å². The summed E-state index contributed by atoms with van der Waals surface area (Å²) in [5, 5.41) is 2.97. The minimum Gasteiger partial charge on any atom is -0.351 e. The molecule has 2 amide bonds. The first-order valence-corrected chi connectivity index (χ1v) is 6.94. The third-order valence-corrected chi connectivity index (χ3v) is 3.43. The maximum atomic E-state index is 12.3. The topological polar surface area (TPSA) is 49.4 Å². The summed E-state index contributed by atoms with van der Waals surface area (Å²) in [6, 6.07) is 9.19. The molecule has 0 unspecified atom stereocenters. The molecule has 1 aliphatic rings. The van der Waals surface area contributed by atoms with Crippen molar-refractivity contribution in [3.8, 4) is 0 Å². The molecular weight excluding hydrogens is 252 g/mol. The molecule has 1 aliphatic carbocycles. The zero-order valence-corrected chi connectivity index (χ0v) is 12.5. The minimum absolute atomic E-state index is 0.0186. The van der Waals surface area contributed by atoms with Crippen LogP contribution in [0.15, 0.2) is 30.3 Å². The van der Waals surface area contributed by atoms with Gasteiger partial charge in [-0.3, -0.25) is 9.59 Å². The van der Waals surface area contributed by atoms with Crippen molar-refractivity contribution in [3.05, 3.63) is 35.9 Å². The summed E-state index contributed by atoms with van der Waals surface area (Å²) in [5.74, 6) is -0.0660. The lowest BCUT2D eigenvalue weighted by atomic mass is 10.1. The molecule has 1 aromatic carbocycles. The lowest BCUT2D eigenvalue weighted by molar-refractivity contribution is -0.124. The average Bonchev–Trinajstić information content (AvgIpc) is 3.16. The monoisotopic (exact) mass is 274 g/mol. The first kappa shape index (κ1) is 14.6. The molecule has 108 valence electrons. The normalized spacial score (nSPS) is 21.2. The summed E-state index contributed by atoms with van der Waals surface area (Å²) in [5.41, 5.74) is 0.434. The maximum Gasteiger partial charge on any atom is 0.253 e. The summed E-state index contributed by atoms with van der Waals surface area (Å²) >= 11 is 0. The number of rotatable bonds is 3. The van der Waals surface area contributed by atoms with E-state index < -0.39 is 0 Å². The number of nitrogens with one attached hydrogen (secondary N) is 1. The van der Waals surface area contributed by atoms with Gasteiger partial charge < -0.3 is 10.2 Å². The van der Waals surface area contributed by atoms with Gasteiger partial charge in [-0.25, -0.2) is 0 Å². The first-order chi connectivity index (χ1) is 9.29. The van der Waals surface area contributed by atoms with Crippen LogP contribution in [0.1, 0.15) is 37.6 Å². The third-order valence-electron chi connectivity index (χ3n) is 3.43. The van der Waals surface area contributed by atoms with Crippen LogP contribution in [0.3, 0.4) is 0 Å². The Kier molecular flexibility index (Phi) is 3.84. The predicted molar refractivity (Wildman–Crippen MR) is 78.3 cm³/mol. The van der Waals surface area contributed by atoms with E-state index in [-0.39, 0.29) is 29.3 Å². The summed E-state index contributed by atoms with van der Waals surface area (Å²) in [7, 11) is 1.77. The van der Waals surface area contributed by atoms with Crippen LogP contribution < -0.4 is 5.32 Å². The quantitative estimate of drug-likeness (QED) is 0.917. The van der Waals surface area contributed by atoms with Crippen molar-refractivity contribution < 1.29 is 9.59 Å². The predicted octanol–water partition coefficient (Wildman–Crippen LogP) is 2.06. The number of carbonyl (C=O) groups excluding carboxylic acids is 2. The molecule has 0 bridgehead atoms. The van der Waals surface area contributed by atoms with Crippen molar-refractivity contribution >= 4 is 11.8 Å². The Morgan fingerprint density at radius 1 is 1.20 bits per heavy atom. The number of benzene rings is 1. The largest absolute Gasteiger partial charge is 0.351 e. The third kappa shape index (κ3) is 3.38. The van der Waals surface area contributed by atoms with E-state index >= 15 is 0 Å². The molecule has 2 atom stereocenters. The molecule has 0 spiro atoms. The molecule has 1 fully saturated rings. The number of amides is 2. The molecule has 0 saturated heterocycles. The van der Waals surface area contributed by atoms with Gasteiger partial charge in [0.25, 0.3) is 5.91 Å². The Morgan fingerprint density at radius 3 is 2.35 bits per heavy atom. The highest BCUT2D eigenvalue weighted by Gasteiger charge is 2.47. The van der Waals surface area contributed by atoms with Gasteiger partial charge in [-0.2, -0.15) is 0 Å². The SMILES string of the molecule is CN(C(=O)c1ccccc1)[C@@H]1C[C@H]1C(=O)NC(C)(C)C. The Morgan fingerprint density at radius 2 is 1.80 bits per heavy atom. The second kappa shape index (κ2) is 5.27. The van der Waals surface area contributed by atoms with Gasteiger partial charge in [0, 0.05) is 24.2 Å². The van der Waals surface area contributed by atoms with Crippen molar-refractivity contribution in [2.24, 2.45) is 5.92 Å². The molecule has 1 N–H and O–H groups in total. The summed E-state index contributed by atoms with van der Waals surface area (Å²) in [4.78, 5) is 26.0. The second-order valence-corrected chi connectivity index (χ2v) is 6.43. The van der Waals surface area contributed by atoms with E-state index in [1.54, 1.807) is 24.1 Å². The van der Waals surface area contributed by atoms with Crippen molar-refractivity contribution in [2.45, 2.75) is 38.8 Å². The Hall–Kier alpha value is -1.84. The number of nitrogens with zero attached hydrogens (tertiary/aromatic N) is 1. The molecular formula is C16H22N2O2. The highest BCUT2D eigenvalue weighted by atomic mass is 16.2. The van der Waals surface area contributed by atoms with E-state index in [1.165, 1.54) is 0 Å². The van der Waals surface area contributed by atoms with Crippen LogP contribution in [-0.2, 0) is 4.79 Å². The van der Waals surface area contributed by atoms with Crippen LogP contribution >= 0.6 is 0 Å². The number of carbonyl (C=O) groups is 2. The highest BCUT2D eigenvalue weighted by Crippen LogP contribution is 2.36. The van der Waals surface area contributed by atoms with Gasteiger partial charge >= 0.3 is 0 Å². The van der Waals surface area contributed by atoms with Crippen molar-refractivity contribution in [3.63, 3.8) is 0 Å². The van der Waals surface area contributed by atoms with E-state index in [1.807, 2.05) is 39.0 Å². The molecule has 4 nitrogen and oxygen atoms in total. The second-order valence-electron chi connectivity index (χ2n) is 6.43. The zero-order valence-electron chi connectivity index (χ0n) is 12.5. The van der Waals surface area contributed by atoms with Gasteiger partial charge in [0.1, 0.15) is 0 Å². The Bertz CT molecular complexity index is 505. The fourth-order valence-corrected chi connectivity index (χ4v) is 2.29. The number of hydrogen-bond acceptors (Lipinski definition) is 2. The summed E-state index contributed by atoms with van der Waals surface area (Å²) in [6.07, 6.45) is 0.747. The summed E-state index contributed by atoms with van der Waals surface area (Å²) in [6.45, 7) is 5.88. The lowest BCUT2D eigenvalue weighted by Gasteiger charge is -2.22. The van der Waals surface area contributed by atoms with Crippen LogP contribution in [-0.4, -0.2) is 35.3 Å². The summed E-state index contributed by atoms with van der Waals surface area (Å²) < 4.78 is 0. The number of hydrogen-bond donors (Lipinski definition) is 1. The van der Waals surface area contributed by atoms with Crippen LogP contribution in [0, 0.1) is 5.92 Å². The fraction of sp³-hybridized carbons (Fsp3) is 0.500. The maximum absolute atomic E-state index is 12.3. The lowest BCUT2D eigenvalue weighted by Crippen LogP contribution is -2.43. The molecule has 0 radical (unpaired) electrons. The standard InChI is InChI=1S/C16H22N2O2/c1-16(2,3)17-14(19)12-10-13(12)18(4)15(20)11-8-6-5-7-9-11/h5-9,12-13H,10H2,1-4H3,(H,17,19)/t12-,13-/m1/s1. The van der Waals surface area contributed by atoms with E-state index in [4.69, 9.17) is 0 Å². The molecule has 1 aromatic rings. The van der Waals surface area contributed by atoms with E-state index in [0.717, 1.165) is 6.42 Å². The van der Waals surface area contributed by atoms with Crippen LogP contribution in [0.4, 0.5) is 0 Å². The van der Waals surface area contributed by atoms with Gasteiger partial charge in [0.2, 0.25) is 5.91 Å². The van der Waals surface area contributed by atoms with Gasteiger partial charge in [0.15, 0.2) is 0 Å². The van der Waals surface area contributed by atoms with Crippen molar-refractivity contribution in [1.82, 2.24) is 10.2 Å². The van der Waals surface area contributed by atoms with E-state index in [0.29, 0.717) is 5.56 Å². The molecule has 20 heavy (non-hydrogen) atoms. The van der Waals surface area contributed by atoms with Crippen LogP contribution in [0.2, 0.25) is 0 Å². The minimum atomic E-state index is -0.230. The molecule has 0 aromatic heterocycles. The Balaban J connectivity index is 1.95. The fourth-order valence-electron chi connectivity index (χ4n) is 2.29. The first-order valence-electron chi connectivity index (χ1n) is 6.94. The molecule has 0 aliphatic heterocycles. The van der Waals surface area contributed by atoms with Gasteiger partial charge in [-0.1, -0.05) is 18.2 Å². The van der Waals surface area contributed by atoms with E-state index in [9.17, 15) is 9.59 Å². The Labute approximate surface area is 120 Å². The van der Waals surface area contributed by atoms with Crippen molar-refractivity contribution in [2.75, 3.05) is 7.05 Å². The molecule has 0 heterocycles. The molecule has 2 rings (SSSR count). The van der Waals surface area contributed by atoms with Gasteiger partial charge in [0.05, 0.1) is 5.92 Å². The zero-order chi connectivity index (χ0) is 14.9. The smallest absolute Gasteiger partial charge is 0.253 e. The van der Waals surface area contributed by atoms with Crippen LogP contribution in [0.25, 0.3) is 0 Å². The van der Waals surface area contributed by atoms with E-state index in [2.05, 4.69) is 5.32 Å². The molecule has 4 heteroatoms. The average molecular weight is 274 g/mol.